The van der Waals surface area contributed by atoms with E-state index in [-0.39, 0.29) is 6.04 Å². The molecule has 0 aromatic carbocycles. The van der Waals surface area contributed by atoms with Gasteiger partial charge in [0.15, 0.2) is 5.82 Å². The molecule has 1 aromatic rings. The predicted molar refractivity (Wildman–Crippen MR) is 71.1 cm³/mol. The van der Waals surface area contributed by atoms with Gasteiger partial charge in [-0.2, -0.15) is 0 Å². The van der Waals surface area contributed by atoms with Crippen LogP contribution in [-0.2, 0) is 0 Å². The van der Waals surface area contributed by atoms with E-state index >= 15 is 0 Å². The lowest BCUT2D eigenvalue weighted by molar-refractivity contribution is 0.311. The fourth-order valence-electron chi connectivity index (χ4n) is 2.86. The first kappa shape index (κ1) is 13.5. The molecule has 0 radical (unpaired) electrons. The van der Waals surface area contributed by atoms with Gasteiger partial charge in [-0.3, -0.25) is 0 Å². The number of nitrogens with one attached hydrogen (secondary N) is 1. The third-order valence-electron chi connectivity index (χ3n) is 4.34. The molecule has 0 bridgehead atoms. The van der Waals surface area contributed by atoms with Crippen LogP contribution in [0.1, 0.15) is 64.9 Å². The Hall–Kier alpha value is -0.970. The maximum absolute atomic E-state index is 4.23. The SMILES string of the molecule is CCCNC(C)c1nnnn1C1CCC(C)C1C. The monoisotopic (exact) mass is 251 g/mol. The molecule has 1 aliphatic rings. The first-order valence-corrected chi connectivity index (χ1v) is 7.16. The quantitative estimate of drug-likeness (QED) is 0.872. The van der Waals surface area contributed by atoms with Crippen LogP contribution < -0.4 is 5.32 Å². The van der Waals surface area contributed by atoms with Crippen molar-refractivity contribution in [1.29, 1.82) is 0 Å². The molecular formula is C13H25N5. The minimum Gasteiger partial charge on any atom is -0.307 e. The fourth-order valence-corrected chi connectivity index (χ4v) is 2.86. The summed E-state index contributed by atoms with van der Waals surface area (Å²) in [5.74, 6) is 2.41. The van der Waals surface area contributed by atoms with Crippen LogP contribution in [0.4, 0.5) is 0 Å². The lowest BCUT2D eigenvalue weighted by Gasteiger charge is -2.21. The molecule has 1 heterocycles. The van der Waals surface area contributed by atoms with Crippen molar-refractivity contribution in [3.8, 4) is 0 Å². The van der Waals surface area contributed by atoms with Crippen molar-refractivity contribution in [3.63, 3.8) is 0 Å². The van der Waals surface area contributed by atoms with Crippen LogP contribution in [0.15, 0.2) is 0 Å². The van der Waals surface area contributed by atoms with Gasteiger partial charge < -0.3 is 5.32 Å². The molecule has 5 heteroatoms. The van der Waals surface area contributed by atoms with E-state index in [0.29, 0.717) is 12.0 Å². The van der Waals surface area contributed by atoms with Crippen molar-refractivity contribution in [3.05, 3.63) is 5.82 Å². The average molecular weight is 251 g/mol. The molecule has 4 unspecified atom stereocenters. The average Bonchev–Trinajstić information content (AvgIpc) is 2.95. The number of tetrazole rings is 1. The summed E-state index contributed by atoms with van der Waals surface area (Å²) in [6.07, 6.45) is 3.60. The van der Waals surface area contributed by atoms with Gasteiger partial charge in [0.1, 0.15) is 0 Å². The molecule has 4 atom stereocenters. The smallest absolute Gasteiger partial charge is 0.168 e. The Labute approximate surface area is 109 Å². The highest BCUT2D eigenvalue weighted by atomic mass is 15.6. The highest BCUT2D eigenvalue weighted by molar-refractivity contribution is 4.95. The minimum atomic E-state index is 0.225. The Morgan fingerprint density at radius 2 is 2.17 bits per heavy atom. The molecule has 0 saturated heterocycles. The lowest BCUT2D eigenvalue weighted by atomic mass is 9.98. The van der Waals surface area contributed by atoms with Crippen LogP contribution in [-0.4, -0.2) is 26.8 Å². The number of aromatic nitrogens is 4. The summed E-state index contributed by atoms with van der Waals surface area (Å²) in [5.41, 5.74) is 0. The first-order valence-electron chi connectivity index (χ1n) is 7.16. The molecule has 1 saturated carbocycles. The van der Waals surface area contributed by atoms with E-state index < -0.39 is 0 Å². The van der Waals surface area contributed by atoms with E-state index in [2.05, 4.69) is 53.2 Å². The molecule has 5 nitrogen and oxygen atoms in total. The van der Waals surface area contributed by atoms with Crippen molar-refractivity contribution in [2.75, 3.05) is 6.54 Å². The summed E-state index contributed by atoms with van der Waals surface area (Å²) >= 11 is 0. The van der Waals surface area contributed by atoms with Crippen molar-refractivity contribution in [2.45, 2.75) is 59.0 Å². The van der Waals surface area contributed by atoms with Gasteiger partial charge in [0, 0.05) is 0 Å². The Bertz CT molecular complexity index is 375. The van der Waals surface area contributed by atoms with Crippen LogP contribution in [0.25, 0.3) is 0 Å². The molecule has 102 valence electrons. The third kappa shape index (κ3) is 2.55. The molecule has 1 aliphatic carbocycles. The van der Waals surface area contributed by atoms with E-state index in [0.717, 1.165) is 24.7 Å². The van der Waals surface area contributed by atoms with Crippen molar-refractivity contribution < 1.29 is 0 Å². The number of hydrogen-bond donors (Lipinski definition) is 1. The largest absolute Gasteiger partial charge is 0.307 e. The summed E-state index contributed by atoms with van der Waals surface area (Å²) < 4.78 is 2.06. The van der Waals surface area contributed by atoms with Crippen LogP contribution >= 0.6 is 0 Å². The van der Waals surface area contributed by atoms with Gasteiger partial charge in [0.25, 0.3) is 0 Å². The van der Waals surface area contributed by atoms with E-state index in [1.807, 2.05) is 0 Å². The second kappa shape index (κ2) is 5.78. The standard InChI is InChI=1S/C13H25N5/c1-5-8-14-11(4)13-15-16-17-18(13)12-7-6-9(2)10(12)3/h9-12,14H,5-8H2,1-4H3. The second-order valence-corrected chi connectivity index (χ2v) is 5.64. The summed E-state index contributed by atoms with van der Waals surface area (Å²) in [5, 5.41) is 15.8. The highest BCUT2D eigenvalue weighted by Crippen LogP contribution is 2.40. The zero-order valence-electron chi connectivity index (χ0n) is 11.9. The fraction of sp³-hybridized carbons (Fsp3) is 0.923. The molecule has 1 N–H and O–H groups in total. The number of rotatable bonds is 5. The number of nitrogens with zero attached hydrogens (tertiary/aromatic N) is 4. The van der Waals surface area contributed by atoms with Gasteiger partial charge in [-0.15, -0.1) is 5.10 Å². The topological polar surface area (TPSA) is 55.6 Å². The van der Waals surface area contributed by atoms with Crippen molar-refractivity contribution >= 4 is 0 Å². The van der Waals surface area contributed by atoms with Gasteiger partial charge in [-0.05, 0) is 55.0 Å². The maximum Gasteiger partial charge on any atom is 0.168 e. The lowest BCUT2D eigenvalue weighted by Crippen LogP contribution is -2.26. The molecule has 0 spiro atoms. The van der Waals surface area contributed by atoms with Gasteiger partial charge in [0.2, 0.25) is 0 Å². The van der Waals surface area contributed by atoms with Crippen LogP contribution in [0.3, 0.4) is 0 Å². The first-order chi connectivity index (χ1) is 8.65. The Balaban J connectivity index is 2.12. The van der Waals surface area contributed by atoms with Gasteiger partial charge in [0.05, 0.1) is 12.1 Å². The Morgan fingerprint density at radius 1 is 1.39 bits per heavy atom. The normalized spacial score (nSPS) is 29.7. The Kier molecular flexibility index (Phi) is 4.32. The van der Waals surface area contributed by atoms with Gasteiger partial charge >= 0.3 is 0 Å². The summed E-state index contributed by atoms with van der Waals surface area (Å²) in [6, 6.07) is 0.693. The number of hydrogen-bond acceptors (Lipinski definition) is 4. The van der Waals surface area contributed by atoms with E-state index in [9.17, 15) is 0 Å². The maximum atomic E-state index is 4.23. The van der Waals surface area contributed by atoms with E-state index in [1.165, 1.54) is 12.8 Å². The molecule has 1 aromatic heterocycles. The summed E-state index contributed by atoms with van der Waals surface area (Å²) in [4.78, 5) is 0. The van der Waals surface area contributed by atoms with E-state index in [1.54, 1.807) is 0 Å². The van der Waals surface area contributed by atoms with Crippen LogP contribution in [0, 0.1) is 11.8 Å². The molecule has 2 rings (SSSR count). The molecule has 18 heavy (non-hydrogen) atoms. The van der Waals surface area contributed by atoms with Crippen molar-refractivity contribution in [2.24, 2.45) is 11.8 Å². The minimum absolute atomic E-state index is 0.225. The highest BCUT2D eigenvalue weighted by Gasteiger charge is 2.34. The summed E-state index contributed by atoms with van der Waals surface area (Å²) in [7, 11) is 0. The second-order valence-electron chi connectivity index (χ2n) is 5.64. The van der Waals surface area contributed by atoms with Crippen LogP contribution in [0.5, 0.6) is 0 Å². The van der Waals surface area contributed by atoms with Gasteiger partial charge in [-0.1, -0.05) is 20.8 Å². The van der Waals surface area contributed by atoms with E-state index in [4.69, 9.17) is 0 Å². The predicted octanol–water partition coefficient (Wildman–Crippen LogP) is 2.34. The van der Waals surface area contributed by atoms with Crippen LogP contribution in [0.2, 0.25) is 0 Å². The summed E-state index contributed by atoms with van der Waals surface area (Å²) in [6.45, 7) is 9.96. The molecular weight excluding hydrogens is 226 g/mol. The Morgan fingerprint density at radius 3 is 2.78 bits per heavy atom. The molecule has 0 amide bonds. The molecule has 1 fully saturated rings. The zero-order chi connectivity index (χ0) is 13.1. The van der Waals surface area contributed by atoms with Gasteiger partial charge in [-0.25, -0.2) is 4.68 Å². The van der Waals surface area contributed by atoms with Crippen molar-refractivity contribution in [1.82, 2.24) is 25.5 Å². The molecule has 0 aliphatic heterocycles. The third-order valence-corrected chi connectivity index (χ3v) is 4.34. The zero-order valence-corrected chi connectivity index (χ0v) is 11.9.